The molecule has 6 nitrogen and oxygen atoms in total. The Kier molecular flexibility index (Phi) is 8.12. The number of methoxy groups -OCH3 is 2. The number of hydrogen-bond acceptors (Lipinski definition) is 6. The first-order chi connectivity index (χ1) is 14.3. The van der Waals surface area contributed by atoms with Crippen LogP contribution in [0.4, 0.5) is 0 Å². The van der Waals surface area contributed by atoms with E-state index in [4.69, 9.17) is 22.8 Å². The fourth-order valence-electron chi connectivity index (χ4n) is 2.90. The smallest absolute Gasteiger partial charge is 0.493 e. The number of carbonyl (C=O) groups is 1. The van der Waals surface area contributed by atoms with Crippen molar-refractivity contribution in [2.24, 2.45) is 0 Å². The molecule has 0 aliphatic rings. The first-order valence-corrected chi connectivity index (χ1v) is 11.7. The summed E-state index contributed by atoms with van der Waals surface area (Å²) in [6.07, 6.45) is 5.00. The zero-order valence-electron chi connectivity index (χ0n) is 17.9. The lowest BCUT2D eigenvalue weighted by atomic mass is 10.1. The Morgan fingerprint density at radius 2 is 1.30 bits per heavy atom. The van der Waals surface area contributed by atoms with Crippen molar-refractivity contribution < 1.29 is 27.5 Å². The van der Waals surface area contributed by atoms with Gasteiger partial charge in [-0.2, -0.15) is 0 Å². The van der Waals surface area contributed by atoms with Crippen molar-refractivity contribution in [2.75, 3.05) is 14.2 Å². The van der Waals surface area contributed by atoms with E-state index < -0.39 is 14.8 Å². The van der Waals surface area contributed by atoms with Gasteiger partial charge in [0, 0.05) is 13.5 Å². The second-order valence-electron chi connectivity index (χ2n) is 6.62. The van der Waals surface area contributed by atoms with Gasteiger partial charge in [-0.05, 0) is 48.2 Å². The average molecular weight is 429 g/mol. The number of rotatable bonds is 11. The largest absolute Gasteiger partial charge is 0.698 e. The highest BCUT2D eigenvalue weighted by molar-refractivity contribution is 6.62. The van der Waals surface area contributed by atoms with Crippen molar-refractivity contribution in [1.29, 1.82) is 0 Å². The van der Waals surface area contributed by atoms with E-state index in [0.29, 0.717) is 35.8 Å². The minimum Gasteiger partial charge on any atom is -0.493 e. The summed E-state index contributed by atoms with van der Waals surface area (Å²) >= 11 is 0. The van der Waals surface area contributed by atoms with Crippen LogP contribution in [-0.2, 0) is 22.1 Å². The van der Waals surface area contributed by atoms with Crippen LogP contribution >= 0.6 is 0 Å². The maximum Gasteiger partial charge on any atom is 0.698 e. The van der Waals surface area contributed by atoms with Gasteiger partial charge in [-0.1, -0.05) is 24.3 Å². The van der Waals surface area contributed by atoms with Crippen LogP contribution in [-0.4, -0.2) is 29.0 Å². The quantitative estimate of drug-likeness (QED) is 0.380. The fourth-order valence-corrected chi connectivity index (χ4v) is 4.69. The van der Waals surface area contributed by atoms with Crippen molar-refractivity contribution in [1.82, 2.24) is 0 Å². The maximum atomic E-state index is 11.8. The molecular weight excluding hydrogens is 400 g/mol. The highest BCUT2D eigenvalue weighted by atomic mass is 28.4. The van der Waals surface area contributed by atoms with Crippen molar-refractivity contribution in [2.45, 2.75) is 26.3 Å². The highest BCUT2D eigenvalue weighted by Gasteiger charge is 2.45. The standard InChI is InChI=1S/C23H28O6Si/c1-7-9-18-11-13-20(22(15-18)25-4)28-30(6,27-17(3)24)29-21-14-12-19(10-8-2)16-23(21)26-5/h7-8,11-16H,1-2,9-10H2,3-6H3. The molecule has 2 aromatic carbocycles. The summed E-state index contributed by atoms with van der Waals surface area (Å²) < 4.78 is 28.6. The molecular formula is C23H28O6Si. The first-order valence-electron chi connectivity index (χ1n) is 9.47. The van der Waals surface area contributed by atoms with E-state index in [2.05, 4.69) is 13.2 Å². The van der Waals surface area contributed by atoms with Crippen LogP contribution in [0.25, 0.3) is 0 Å². The van der Waals surface area contributed by atoms with Crippen molar-refractivity contribution in [3.8, 4) is 23.0 Å². The molecule has 0 aromatic heterocycles. The van der Waals surface area contributed by atoms with Crippen LogP contribution in [0.2, 0.25) is 6.55 Å². The highest BCUT2D eigenvalue weighted by Crippen LogP contribution is 2.34. The van der Waals surface area contributed by atoms with Crippen LogP contribution in [0.15, 0.2) is 61.7 Å². The van der Waals surface area contributed by atoms with Crippen molar-refractivity contribution in [3.63, 3.8) is 0 Å². The van der Waals surface area contributed by atoms with Crippen LogP contribution in [0, 0.1) is 0 Å². The second-order valence-corrected chi connectivity index (χ2v) is 8.95. The van der Waals surface area contributed by atoms with Crippen LogP contribution < -0.4 is 18.3 Å². The molecule has 0 unspecified atom stereocenters. The van der Waals surface area contributed by atoms with Crippen LogP contribution in [0.5, 0.6) is 23.0 Å². The molecule has 160 valence electrons. The Morgan fingerprint density at radius 1 is 0.867 bits per heavy atom. The summed E-state index contributed by atoms with van der Waals surface area (Å²) in [6.45, 7) is 10.4. The van der Waals surface area contributed by atoms with E-state index in [1.54, 1.807) is 45.1 Å². The number of ether oxygens (including phenoxy) is 2. The molecule has 0 atom stereocenters. The number of benzene rings is 2. The SMILES string of the molecule is C=CCc1ccc(O[Si](C)(OC(C)=O)Oc2ccc(CC=C)cc2OC)c(OC)c1. The second kappa shape index (κ2) is 10.5. The molecule has 0 aliphatic heterocycles. The molecule has 0 saturated carbocycles. The summed E-state index contributed by atoms with van der Waals surface area (Å²) in [7, 11) is -0.414. The zero-order chi connectivity index (χ0) is 22.1. The van der Waals surface area contributed by atoms with E-state index in [0.717, 1.165) is 11.1 Å². The van der Waals surface area contributed by atoms with Gasteiger partial charge >= 0.3 is 8.80 Å². The van der Waals surface area contributed by atoms with Gasteiger partial charge in [-0.25, -0.2) is 0 Å². The average Bonchev–Trinajstić information content (AvgIpc) is 2.70. The van der Waals surface area contributed by atoms with E-state index in [-0.39, 0.29) is 0 Å². The Morgan fingerprint density at radius 3 is 1.63 bits per heavy atom. The molecule has 7 heteroatoms. The lowest BCUT2D eigenvalue weighted by Gasteiger charge is -2.27. The Hall–Kier alpha value is -3.19. The Balaban J connectivity index is 2.38. The molecule has 2 rings (SSSR count). The zero-order valence-corrected chi connectivity index (χ0v) is 18.9. The lowest BCUT2D eigenvalue weighted by molar-refractivity contribution is -0.134. The molecule has 0 amide bonds. The molecule has 0 radical (unpaired) electrons. The topological polar surface area (TPSA) is 63.2 Å². The molecule has 0 spiro atoms. The molecule has 0 N–H and O–H groups in total. The molecule has 0 heterocycles. The van der Waals surface area contributed by atoms with E-state index in [1.165, 1.54) is 6.92 Å². The lowest BCUT2D eigenvalue weighted by Crippen LogP contribution is -2.50. The third-order valence-corrected chi connectivity index (χ3v) is 5.98. The van der Waals surface area contributed by atoms with Gasteiger partial charge in [0.05, 0.1) is 14.2 Å². The molecule has 0 saturated heterocycles. The van der Waals surface area contributed by atoms with Crippen LogP contribution in [0.3, 0.4) is 0 Å². The predicted octanol–water partition coefficient (Wildman–Crippen LogP) is 4.75. The monoisotopic (exact) mass is 428 g/mol. The van der Waals surface area contributed by atoms with E-state index in [1.807, 2.05) is 24.3 Å². The van der Waals surface area contributed by atoms with Gasteiger partial charge in [0.2, 0.25) is 0 Å². The Labute approximate surface area is 179 Å². The maximum absolute atomic E-state index is 11.8. The van der Waals surface area contributed by atoms with Gasteiger partial charge in [0.1, 0.15) is 0 Å². The first kappa shape index (κ1) is 23.1. The molecule has 0 fully saturated rings. The number of hydrogen-bond donors (Lipinski definition) is 0. The summed E-state index contributed by atoms with van der Waals surface area (Å²) in [4.78, 5) is 11.8. The normalized spacial score (nSPS) is 10.7. The summed E-state index contributed by atoms with van der Waals surface area (Å²) in [5.74, 6) is 1.36. The third-order valence-electron chi connectivity index (χ3n) is 4.14. The molecule has 0 aliphatic carbocycles. The summed E-state index contributed by atoms with van der Waals surface area (Å²) in [6, 6.07) is 11.0. The van der Waals surface area contributed by atoms with Gasteiger partial charge in [-0.15, -0.1) is 13.2 Å². The van der Waals surface area contributed by atoms with Gasteiger partial charge in [0.15, 0.2) is 23.0 Å². The molecule has 0 bridgehead atoms. The van der Waals surface area contributed by atoms with Gasteiger partial charge in [0.25, 0.3) is 5.97 Å². The third kappa shape index (κ3) is 6.15. The Bertz CT molecular complexity index is 845. The minimum atomic E-state index is -3.51. The van der Waals surface area contributed by atoms with Crippen LogP contribution in [0.1, 0.15) is 18.1 Å². The molecule has 30 heavy (non-hydrogen) atoms. The summed E-state index contributed by atoms with van der Waals surface area (Å²) in [5.41, 5.74) is 2.04. The van der Waals surface area contributed by atoms with Crippen molar-refractivity contribution >= 4 is 14.8 Å². The van der Waals surface area contributed by atoms with Gasteiger partial charge < -0.3 is 22.8 Å². The number of allylic oxidation sites excluding steroid dienone is 2. The van der Waals surface area contributed by atoms with E-state index in [9.17, 15) is 4.79 Å². The fraction of sp³-hybridized carbons (Fsp3) is 0.261. The van der Waals surface area contributed by atoms with E-state index >= 15 is 0 Å². The number of carbonyl (C=O) groups excluding carboxylic acids is 1. The van der Waals surface area contributed by atoms with Crippen molar-refractivity contribution in [3.05, 3.63) is 72.8 Å². The van der Waals surface area contributed by atoms with Gasteiger partial charge in [-0.3, -0.25) is 4.79 Å². The molecule has 2 aromatic rings. The summed E-state index contributed by atoms with van der Waals surface area (Å²) in [5, 5.41) is 0. The predicted molar refractivity (Wildman–Crippen MR) is 118 cm³/mol. The minimum absolute atomic E-state index is 0.419.